The summed E-state index contributed by atoms with van der Waals surface area (Å²) in [5, 5.41) is 3.78. The number of carbonyl (C=O) groups excluding carboxylic acids is 1. The maximum absolute atomic E-state index is 13.1. The van der Waals surface area contributed by atoms with Crippen LogP contribution in [0.1, 0.15) is 22.3 Å². The summed E-state index contributed by atoms with van der Waals surface area (Å²) in [4.78, 5) is 19.2. The molecule has 164 valence electrons. The van der Waals surface area contributed by atoms with E-state index < -0.39 is 11.7 Å². The molecular formula is C21H20F3N3O3S. The van der Waals surface area contributed by atoms with Crippen LogP contribution in [0.15, 0.2) is 36.4 Å². The van der Waals surface area contributed by atoms with Gasteiger partial charge in [0, 0.05) is 19.1 Å². The number of anilines is 1. The number of nitrogens with one attached hydrogen (secondary N) is 1. The molecule has 1 aliphatic rings. The average molecular weight is 451 g/mol. The summed E-state index contributed by atoms with van der Waals surface area (Å²) in [6.45, 7) is 0.963. The molecule has 1 N–H and O–H groups in total. The number of methoxy groups -OCH3 is 2. The number of benzene rings is 2. The first-order valence-corrected chi connectivity index (χ1v) is 10.4. The van der Waals surface area contributed by atoms with Crippen molar-refractivity contribution >= 4 is 32.6 Å². The summed E-state index contributed by atoms with van der Waals surface area (Å²) in [5.74, 6) is 0.678. The standard InChI is InChI=1S/C21H20F3N3O3S/c1-29-15-4-3-5-16(30-2)18(15)19(28)27-9-8-13(11-27)25-20-26-14-7-6-12(21(22,23)24)10-17(14)31-20/h3-7,10,13H,8-9,11H2,1-2H3,(H,25,26). The second-order valence-electron chi connectivity index (χ2n) is 7.12. The van der Waals surface area contributed by atoms with Gasteiger partial charge < -0.3 is 19.7 Å². The highest BCUT2D eigenvalue weighted by molar-refractivity contribution is 7.22. The van der Waals surface area contributed by atoms with Crippen molar-refractivity contribution in [2.75, 3.05) is 32.6 Å². The highest BCUT2D eigenvalue weighted by atomic mass is 32.1. The van der Waals surface area contributed by atoms with Gasteiger partial charge in [-0.15, -0.1) is 0 Å². The number of fused-ring (bicyclic) bond motifs is 1. The van der Waals surface area contributed by atoms with E-state index in [1.165, 1.54) is 31.6 Å². The third-order valence-electron chi connectivity index (χ3n) is 5.16. The van der Waals surface area contributed by atoms with Crippen LogP contribution in [-0.4, -0.2) is 49.1 Å². The van der Waals surface area contributed by atoms with E-state index in [1.807, 2.05) is 0 Å². The zero-order valence-electron chi connectivity index (χ0n) is 16.8. The summed E-state index contributed by atoms with van der Waals surface area (Å²) in [6, 6.07) is 8.61. The molecule has 0 aliphatic carbocycles. The van der Waals surface area contributed by atoms with E-state index >= 15 is 0 Å². The third-order valence-corrected chi connectivity index (χ3v) is 6.11. The minimum absolute atomic E-state index is 0.0627. The molecule has 1 saturated heterocycles. The molecule has 6 nitrogen and oxygen atoms in total. The summed E-state index contributed by atoms with van der Waals surface area (Å²) >= 11 is 1.17. The zero-order chi connectivity index (χ0) is 22.2. The minimum atomic E-state index is -4.39. The van der Waals surface area contributed by atoms with Crippen molar-refractivity contribution in [3.63, 3.8) is 0 Å². The van der Waals surface area contributed by atoms with Crippen LogP contribution in [0.25, 0.3) is 10.2 Å². The minimum Gasteiger partial charge on any atom is -0.496 e. The van der Waals surface area contributed by atoms with E-state index in [1.54, 1.807) is 23.1 Å². The van der Waals surface area contributed by atoms with E-state index in [0.29, 0.717) is 51.9 Å². The van der Waals surface area contributed by atoms with Gasteiger partial charge in [-0.3, -0.25) is 4.79 Å². The Bertz CT molecular complexity index is 1090. The summed E-state index contributed by atoms with van der Waals surface area (Å²) in [7, 11) is 2.99. The van der Waals surface area contributed by atoms with Crippen molar-refractivity contribution in [3.8, 4) is 11.5 Å². The summed E-state index contributed by atoms with van der Waals surface area (Å²) in [5.41, 5.74) is 0.177. The molecule has 1 unspecified atom stereocenters. The monoisotopic (exact) mass is 451 g/mol. The van der Waals surface area contributed by atoms with Crippen molar-refractivity contribution in [3.05, 3.63) is 47.5 Å². The molecule has 2 aromatic carbocycles. The Morgan fingerprint density at radius 3 is 2.55 bits per heavy atom. The second-order valence-corrected chi connectivity index (χ2v) is 8.15. The number of carbonyl (C=O) groups is 1. The lowest BCUT2D eigenvalue weighted by Gasteiger charge is -2.20. The van der Waals surface area contributed by atoms with Gasteiger partial charge in [0.2, 0.25) is 0 Å². The Labute approximate surface area is 180 Å². The fraction of sp³-hybridized carbons (Fsp3) is 0.333. The molecule has 1 aliphatic heterocycles. The van der Waals surface area contributed by atoms with Gasteiger partial charge in [-0.25, -0.2) is 4.98 Å². The molecule has 0 spiro atoms. The molecular weight excluding hydrogens is 431 g/mol. The van der Waals surface area contributed by atoms with E-state index in [0.717, 1.165) is 12.1 Å². The average Bonchev–Trinajstić information content (AvgIpc) is 3.37. The number of alkyl halides is 3. The van der Waals surface area contributed by atoms with E-state index in [4.69, 9.17) is 9.47 Å². The molecule has 31 heavy (non-hydrogen) atoms. The predicted molar refractivity (Wildman–Crippen MR) is 112 cm³/mol. The first-order valence-electron chi connectivity index (χ1n) is 9.54. The van der Waals surface area contributed by atoms with Gasteiger partial charge in [0.1, 0.15) is 17.1 Å². The lowest BCUT2D eigenvalue weighted by Crippen LogP contribution is -2.32. The largest absolute Gasteiger partial charge is 0.496 e. The first kappa shape index (κ1) is 21.2. The first-order chi connectivity index (χ1) is 14.8. The van der Waals surface area contributed by atoms with E-state index in [-0.39, 0.29) is 11.9 Å². The van der Waals surface area contributed by atoms with Crippen LogP contribution >= 0.6 is 11.3 Å². The molecule has 3 aromatic rings. The van der Waals surface area contributed by atoms with Crippen molar-refractivity contribution in [2.24, 2.45) is 0 Å². The summed E-state index contributed by atoms with van der Waals surface area (Å²) < 4.78 is 49.9. The molecule has 1 fully saturated rings. The van der Waals surface area contributed by atoms with Crippen molar-refractivity contribution in [1.82, 2.24) is 9.88 Å². The number of nitrogens with zero attached hydrogens (tertiary/aromatic N) is 2. The number of hydrogen-bond acceptors (Lipinski definition) is 6. The van der Waals surface area contributed by atoms with Crippen LogP contribution in [0.4, 0.5) is 18.3 Å². The SMILES string of the molecule is COc1cccc(OC)c1C(=O)N1CCC(Nc2nc3ccc(C(F)(F)F)cc3s2)C1. The lowest BCUT2D eigenvalue weighted by atomic mass is 10.1. The van der Waals surface area contributed by atoms with Crippen LogP contribution in [0.5, 0.6) is 11.5 Å². The number of halogens is 3. The molecule has 10 heteroatoms. The van der Waals surface area contributed by atoms with Gasteiger partial charge in [-0.2, -0.15) is 13.2 Å². The van der Waals surface area contributed by atoms with Crippen LogP contribution in [0.3, 0.4) is 0 Å². The Hall–Kier alpha value is -3.01. The van der Waals surface area contributed by atoms with E-state index in [2.05, 4.69) is 10.3 Å². The number of thiazole rings is 1. The molecule has 4 rings (SSSR count). The number of aromatic nitrogens is 1. The van der Waals surface area contributed by atoms with Crippen molar-refractivity contribution in [1.29, 1.82) is 0 Å². The van der Waals surface area contributed by atoms with Gasteiger partial charge in [0.25, 0.3) is 5.91 Å². The maximum Gasteiger partial charge on any atom is 0.416 e. The van der Waals surface area contributed by atoms with Gasteiger partial charge >= 0.3 is 6.18 Å². The predicted octanol–water partition coefficient (Wildman–Crippen LogP) is 4.66. The smallest absolute Gasteiger partial charge is 0.416 e. The highest BCUT2D eigenvalue weighted by Gasteiger charge is 2.32. The second kappa shape index (κ2) is 8.26. The highest BCUT2D eigenvalue weighted by Crippen LogP contribution is 2.35. The van der Waals surface area contributed by atoms with Crippen molar-refractivity contribution < 1.29 is 27.4 Å². The van der Waals surface area contributed by atoms with Gasteiger partial charge in [0.15, 0.2) is 5.13 Å². The number of rotatable bonds is 5. The van der Waals surface area contributed by atoms with Gasteiger partial charge in [0.05, 0.1) is 30.0 Å². The molecule has 1 amide bonds. The zero-order valence-corrected chi connectivity index (χ0v) is 17.6. The van der Waals surface area contributed by atoms with Crippen LogP contribution in [0, 0.1) is 0 Å². The number of amides is 1. The lowest BCUT2D eigenvalue weighted by molar-refractivity contribution is -0.137. The fourth-order valence-electron chi connectivity index (χ4n) is 3.62. The molecule has 1 atom stereocenters. The van der Waals surface area contributed by atoms with Gasteiger partial charge in [-0.1, -0.05) is 17.4 Å². The Morgan fingerprint density at radius 1 is 1.19 bits per heavy atom. The van der Waals surface area contributed by atoms with E-state index in [9.17, 15) is 18.0 Å². The molecule has 0 bridgehead atoms. The van der Waals surface area contributed by atoms with Gasteiger partial charge in [-0.05, 0) is 36.8 Å². The molecule has 0 saturated carbocycles. The van der Waals surface area contributed by atoms with Crippen molar-refractivity contribution in [2.45, 2.75) is 18.6 Å². The topological polar surface area (TPSA) is 63.7 Å². The maximum atomic E-state index is 13.1. The fourth-order valence-corrected chi connectivity index (χ4v) is 4.60. The Morgan fingerprint density at radius 2 is 1.90 bits per heavy atom. The number of ether oxygens (including phenoxy) is 2. The molecule has 1 aromatic heterocycles. The quantitative estimate of drug-likeness (QED) is 0.612. The normalized spacial score (nSPS) is 16.5. The summed E-state index contributed by atoms with van der Waals surface area (Å²) in [6.07, 6.45) is -3.70. The van der Waals surface area contributed by atoms with Crippen LogP contribution in [0.2, 0.25) is 0 Å². The third kappa shape index (κ3) is 4.25. The molecule has 0 radical (unpaired) electrons. The molecule has 2 heterocycles. The number of likely N-dealkylation sites (tertiary alicyclic amines) is 1. The Kier molecular flexibility index (Phi) is 5.65. The van der Waals surface area contributed by atoms with Crippen LogP contribution < -0.4 is 14.8 Å². The Balaban J connectivity index is 1.48. The van der Waals surface area contributed by atoms with Crippen LogP contribution in [-0.2, 0) is 6.18 Å². The number of hydrogen-bond donors (Lipinski definition) is 1.